The fourth-order valence-electron chi connectivity index (χ4n) is 7.29. The van der Waals surface area contributed by atoms with Crippen molar-refractivity contribution in [2.45, 2.75) is 96.1 Å². The summed E-state index contributed by atoms with van der Waals surface area (Å²) in [6.45, 7) is 4.78. The minimum atomic E-state index is -1.14. The summed E-state index contributed by atoms with van der Waals surface area (Å²) in [4.78, 5) is 0. The Morgan fingerprint density at radius 3 is 2.60 bits per heavy atom. The summed E-state index contributed by atoms with van der Waals surface area (Å²) in [5.74, 6) is 2.01. The molecule has 3 heteroatoms. The SMILES string of the molecule is C[C@]12CCC(O)C(F)C1=CC[C@@H]1[C@H]2CC[C@]2(C)C(OC3CC3)CC[C@@H]12. The van der Waals surface area contributed by atoms with Gasteiger partial charge in [-0.15, -0.1) is 0 Å². The molecule has 5 aliphatic carbocycles. The van der Waals surface area contributed by atoms with E-state index in [-0.39, 0.29) is 5.41 Å². The number of fused-ring (bicyclic) bond motifs is 5. The van der Waals surface area contributed by atoms with Crippen LogP contribution in [0.4, 0.5) is 4.39 Å². The fourth-order valence-corrected chi connectivity index (χ4v) is 7.29. The highest BCUT2D eigenvalue weighted by molar-refractivity contribution is 5.29. The van der Waals surface area contributed by atoms with Crippen molar-refractivity contribution < 1.29 is 14.2 Å². The molecule has 5 rings (SSSR count). The van der Waals surface area contributed by atoms with E-state index in [1.54, 1.807) is 0 Å². The standard InChI is InChI=1S/C22H33FO2/c1-21-12-10-18(24)20(23)17(21)6-5-14-15-7-8-19(25-13-3-4-13)22(15,2)11-9-16(14)21/h6,13-16,18-20,24H,3-5,7-12H2,1-2H3/t14-,15-,16+,18?,19?,20?,21+,22-/m0/s1. The van der Waals surface area contributed by atoms with Crippen molar-refractivity contribution >= 4 is 0 Å². The Labute approximate surface area is 151 Å². The lowest BCUT2D eigenvalue weighted by molar-refractivity contribution is -0.102. The lowest BCUT2D eigenvalue weighted by atomic mass is 9.47. The quantitative estimate of drug-likeness (QED) is 0.726. The Hall–Kier alpha value is -0.410. The van der Waals surface area contributed by atoms with E-state index in [4.69, 9.17) is 4.74 Å². The Morgan fingerprint density at radius 1 is 1.04 bits per heavy atom. The van der Waals surface area contributed by atoms with Crippen LogP contribution in [0.1, 0.15) is 71.6 Å². The first-order chi connectivity index (χ1) is 11.9. The van der Waals surface area contributed by atoms with Crippen LogP contribution in [0.5, 0.6) is 0 Å². The summed E-state index contributed by atoms with van der Waals surface area (Å²) < 4.78 is 21.2. The van der Waals surface area contributed by atoms with Crippen LogP contribution in [0.3, 0.4) is 0 Å². The van der Waals surface area contributed by atoms with E-state index < -0.39 is 12.3 Å². The van der Waals surface area contributed by atoms with Gasteiger partial charge in [0, 0.05) is 0 Å². The summed E-state index contributed by atoms with van der Waals surface area (Å²) in [7, 11) is 0. The van der Waals surface area contributed by atoms with Crippen molar-refractivity contribution in [3.8, 4) is 0 Å². The molecule has 8 atom stereocenters. The van der Waals surface area contributed by atoms with E-state index in [2.05, 4.69) is 19.9 Å². The van der Waals surface area contributed by atoms with E-state index in [9.17, 15) is 9.50 Å². The molecule has 5 aliphatic rings. The molecule has 0 aliphatic heterocycles. The zero-order valence-corrected chi connectivity index (χ0v) is 15.7. The highest BCUT2D eigenvalue weighted by atomic mass is 19.1. The molecule has 0 aromatic rings. The van der Waals surface area contributed by atoms with Gasteiger partial charge in [-0.2, -0.15) is 0 Å². The van der Waals surface area contributed by atoms with Gasteiger partial charge in [-0.05, 0) is 91.9 Å². The lowest BCUT2D eigenvalue weighted by Crippen LogP contribution is -2.53. The molecule has 0 radical (unpaired) electrons. The van der Waals surface area contributed by atoms with E-state index in [0.29, 0.717) is 35.9 Å². The average molecular weight is 349 g/mol. The van der Waals surface area contributed by atoms with Gasteiger partial charge < -0.3 is 9.84 Å². The Balaban J connectivity index is 1.43. The molecule has 1 N–H and O–H groups in total. The molecule has 0 amide bonds. The number of rotatable bonds is 2. The second kappa shape index (κ2) is 5.55. The normalized spacial score (nSPS) is 55.1. The molecule has 0 bridgehead atoms. The maximum Gasteiger partial charge on any atom is 0.147 e. The number of ether oxygens (including phenoxy) is 1. The van der Waals surface area contributed by atoms with Gasteiger partial charge in [-0.3, -0.25) is 0 Å². The molecular weight excluding hydrogens is 315 g/mol. The molecule has 0 spiro atoms. The second-order valence-electron chi connectivity index (χ2n) is 10.1. The summed E-state index contributed by atoms with van der Waals surface area (Å²) in [6, 6.07) is 0. The van der Waals surface area contributed by atoms with Crippen LogP contribution >= 0.6 is 0 Å². The molecule has 140 valence electrons. The van der Waals surface area contributed by atoms with Gasteiger partial charge in [0.25, 0.3) is 0 Å². The third-order valence-electron chi connectivity index (χ3n) is 8.91. The first-order valence-electron chi connectivity index (χ1n) is 10.6. The Morgan fingerprint density at radius 2 is 1.84 bits per heavy atom. The largest absolute Gasteiger partial charge is 0.390 e. The Bertz CT molecular complexity index is 585. The highest BCUT2D eigenvalue weighted by Gasteiger charge is 2.60. The summed E-state index contributed by atoms with van der Waals surface area (Å²) in [5.41, 5.74) is 1.23. The molecule has 25 heavy (non-hydrogen) atoms. The van der Waals surface area contributed by atoms with Gasteiger partial charge in [-0.1, -0.05) is 19.9 Å². The maximum atomic E-state index is 14.7. The van der Waals surface area contributed by atoms with Crippen LogP contribution in [0.25, 0.3) is 0 Å². The van der Waals surface area contributed by atoms with Crippen LogP contribution < -0.4 is 0 Å². The fraction of sp³-hybridized carbons (Fsp3) is 0.909. The average Bonchev–Trinajstić information content (AvgIpc) is 3.34. The first kappa shape index (κ1) is 16.7. The molecule has 3 unspecified atom stereocenters. The minimum absolute atomic E-state index is 0.0294. The smallest absolute Gasteiger partial charge is 0.147 e. The molecule has 0 heterocycles. The molecule has 4 fully saturated rings. The number of halogens is 1. The van der Waals surface area contributed by atoms with Gasteiger partial charge in [0.15, 0.2) is 0 Å². The van der Waals surface area contributed by atoms with E-state index in [1.807, 2.05) is 0 Å². The Kier molecular flexibility index (Phi) is 3.71. The van der Waals surface area contributed by atoms with Gasteiger partial charge in [0.05, 0.1) is 18.3 Å². The predicted octanol–water partition coefficient (Wildman–Crippen LogP) is 4.81. The van der Waals surface area contributed by atoms with Crippen molar-refractivity contribution in [2.75, 3.05) is 0 Å². The van der Waals surface area contributed by atoms with E-state index in [1.165, 1.54) is 38.5 Å². The number of aliphatic hydroxyl groups is 1. The van der Waals surface area contributed by atoms with Gasteiger partial charge >= 0.3 is 0 Å². The van der Waals surface area contributed by atoms with Crippen molar-refractivity contribution in [3.05, 3.63) is 11.6 Å². The van der Waals surface area contributed by atoms with Crippen molar-refractivity contribution in [1.82, 2.24) is 0 Å². The molecule has 2 nitrogen and oxygen atoms in total. The number of hydrogen-bond donors (Lipinski definition) is 1. The van der Waals surface area contributed by atoms with E-state index >= 15 is 0 Å². The van der Waals surface area contributed by atoms with Crippen molar-refractivity contribution in [2.24, 2.45) is 28.6 Å². The summed E-state index contributed by atoms with van der Waals surface area (Å²) >= 11 is 0. The molecule has 4 saturated carbocycles. The summed E-state index contributed by atoms with van der Waals surface area (Å²) in [6.07, 6.45) is 11.3. The van der Waals surface area contributed by atoms with Crippen LogP contribution in [-0.2, 0) is 4.74 Å². The number of alkyl halides is 1. The molecule has 0 aromatic carbocycles. The maximum absolute atomic E-state index is 14.7. The molecule has 0 saturated heterocycles. The second-order valence-corrected chi connectivity index (χ2v) is 10.1. The van der Waals surface area contributed by atoms with Crippen LogP contribution in [0.2, 0.25) is 0 Å². The highest BCUT2D eigenvalue weighted by Crippen LogP contribution is 2.65. The number of hydrogen-bond acceptors (Lipinski definition) is 2. The molecule has 0 aromatic heterocycles. The topological polar surface area (TPSA) is 29.5 Å². The third-order valence-corrected chi connectivity index (χ3v) is 8.91. The first-order valence-corrected chi connectivity index (χ1v) is 10.6. The van der Waals surface area contributed by atoms with Crippen molar-refractivity contribution in [3.63, 3.8) is 0 Å². The zero-order chi connectivity index (χ0) is 17.4. The van der Waals surface area contributed by atoms with Gasteiger partial charge in [0.1, 0.15) is 6.17 Å². The van der Waals surface area contributed by atoms with Crippen LogP contribution in [0, 0.1) is 28.6 Å². The van der Waals surface area contributed by atoms with Crippen LogP contribution in [0.15, 0.2) is 11.6 Å². The predicted molar refractivity (Wildman–Crippen MR) is 95.9 cm³/mol. The number of aliphatic hydroxyl groups excluding tert-OH is 1. The van der Waals surface area contributed by atoms with Crippen molar-refractivity contribution in [1.29, 1.82) is 0 Å². The molecular formula is C22H33FO2. The van der Waals surface area contributed by atoms with Gasteiger partial charge in [-0.25, -0.2) is 4.39 Å². The minimum Gasteiger partial charge on any atom is -0.390 e. The monoisotopic (exact) mass is 348 g/mol. The summed E-state index contributed by atoms with van der Waals surface area (Å²) in [5, 5.41) is 10.0. The number of allylic oxidation sites excluding steroid dienone is 1. The van der Waals surface area contributed by atoms with Gasteiger partial charge in [0.2, 0.25) is 0 Å². The lowest BCUT2D eigenvalue weighted by Gasteiger charge is -2.58. The van der Waals surface area contributed by atoms with E-state index in [0.717, 1.165) is 24.3 Å². The zero-order valence-electron chi connectivity index (χ0n) is 15.7. The van der Waals surface area contributed by atoms with Crippen LogP contribution in [-0.4, -0.2) is 29.6 Å². The third kappa shape index (κ3) is 2.34.